The maximum Gasteiger partial charge on any atom is 0.286 e. The molecule has 2 aromatic heterocycles. The van der Waals surface area contributed by atoms with Crippen molar-refractivity contribution in [3.05, 3.63) is 121 Å². The Bertz CT molecular complexity index is 1950. The van der Waals surface area contributed by atoms with Crippen molar-refractivity contribution >= 4 is 54.9 Å². The number of hydrogen-bond donors (Lipinski definition) is 1. The van der Waals surface area contributed by atoms with E-state index in [-0.39, 0.29) is 21.2 Å². The van der Waals surface area contributed by atoms with E-state index in [0.717, 1.165) is 25.3 Å². The van der Waals surface area contributed by atoms with Gasteiger partial charge in [-0.25, -0.2) is 17.2 Å². The van der Waals surface area contributed by atoms with E-state index >= 15 is 0 Å². The number of sulfonamides is 2. The Labute approximate surface area is 261 Å². The Hall–Kier alpha value is -3.76. The predicted octanol–water partition coefficient (Wildman–Crippen LogP) is 7.29. The molecule has 0 aliphatic rings. The van der Waals surface area contributed by atoms with E-state index in [9.17, 15) is 25.6 Å². The number of rotatable bonds is 13. The summed E-state index contributed by atoms with van der Waals surface area (Å²) in [6.07, 6.45) is 3.02. The Kier molecular flexibility index (Phi) is 9.70. The van der Waals surface area contributed by atoms with Crippen molar-refractivity contribution in [3.8, 4) is 0 Å². The lowest BCUT2D eigenvalue weighted by atomic mass is 10.3. The van der Waals surface area contributed by atoms with E-state index in [1.807, 2.05) is 0 Å². The molecule has 0 saturated carbocycles. The van der Waals surface area contributed by atoms with E-state index in [4.69, 9.17) is 13.7 Å². The van der Waals surface area contributed by atoms with Gasteiger partial charge in [0.15, 0.2) is 0 Å². The molecule has 15 heteroatoms. The first kappa shape index (κ1) is 31.7. The van der Waals surface area contributed by atoms with Gasteiger partial charge in [-0.2, -0.15) is 8.42 Å². The van der Waals surface area contributed by atoms with Crippen LogP contribution >= 0.6 is 23.5 Å². The molecule has 0 atom stereocenters. The van der Waals surface area contributed by atoms with Crippen LogP contribution in [0.4, 0.5) is 20.2 Å². The highest BCUT2D eigenvalue weighted by molar-refractivity contribution is 7.98. The van der Waals surface area contributed by atoms with Crippen LogP contribution in [0.1, 0.15) is 11.5 Å². The van der Waals surface area contributed by atoms with Gasteiger partial charge in [0, 0.05) is 15.9 Å². The highest BCUT2D eigenvalue weighted by Crippen LogP contribution is 2.32. The summed E-state index contributed by atoms with van der Waals surface area (Å²) < 4.78 is 96.1. The summed E-state index contributed by atoms with van der Waals surface area (Å²) in [5.74, 6) is 0.721. The van der Waals surface area contributed by atoms with Crippen LogP contribution in [0.2, 0.25) is 0 Å². The van der Waals surface area contributed by atoms with Crippen LogP contribution in [-0.4, -0.2) is 23.9 Å². The lowest BCUT2D eigenvalue weighted by Crippen LogP contribution is -2.30. The van der Waals surface area contributed by atoms with E-state index in [1.54, 1.807) is 24.3 Å². The highest BCUT2D eigenvalue weighted by atomic mass is 32.2. The van der Waals surface area contributed by atoms with Gasteiger partial charge in [0.05, 0.1) is 52.3 Å². The number of hydrogen-bond acceptors (Lipinski definition) is 9. The zero-order valence-corrected chi connectivity index (χ0v) is 26.1. The van der Waals surface area contributed by atoms with E-state index in [2.05, 4.69) is 4.72 Å². The maximum absolute atomic E-state index is 14.9. The largest absolute Gasteiger partial charge is 0.468 e. The Morgan fingerprint density at radius 2 is 1.34 bits per heavy atom. The first-order valence-corrected chi connectivity index (χ1v) is 17.6. The number of furan rings is 2. The molecular weight excluding hydrogens is 655 g/mol. The third kappa shape index (κ3) is 7.30. The Morgan fingerprint density at radius 1 is 0.750 bits per heavy atom. The van der Waals surface area contributed by atoms with Crippen LogP contribution in [0.3, 0.4) is 0 Å². The van der Waals surface area contributed by atoms with Crippen LogP contribution in [0.15, 0.2) is 126 Å². The van der Waals surface area contributed by atoms with E-state index < -0.39 is 41.5 Å². The van der Waals surface area contributed by atoms with Gasteiger partial charge < -0.3 is 8.83 Å². The molecular formula is C29H24F2N2O7S4. The number of thioether (sulfide) groups is 2. The molecule has 1 N–H and O–H groups in total. The fourth-order valence-electron chi connectivity index (χ4n) is 3.94. The number of halogens is 2. The van der Waals surface area contributed by atoms with E-state index in [1.165, 1.54) is 78.5 Å². The van der Waals surface area contributed by atoms with Crippen molar-refractivity contribution < 1.29 is 39.3 Å². The zero-order valence-electron chi connectivity index (χ0n) is 22.8. The van der Waals surface area contributed by atoms with Crippen molar-refractivity contribution in [2.24, 2.45) is 0 Å². The summed E-state index contributed by atoms with van der Waals surface area (Å²) in [4.78, 5) is 4.82. The van der Waals surface area contributed by atoms with Gasteiger partial charge in [-0.1, -0.05) is 6.07 Å². The molecule has 0 fully saturated rings. The van der Waals surface area contributed by atoms with Crippen molar-refractivity contribution in [3.63, 3.8) is 0 Å². The Balaban J connectivity index is 1.32. The van der Waals surface area contributed by atoms with Crippen LogP contribution < -0.4 is 9.19 Å². The molecule has 5 rings (SSSR count). The van der Waals surface area contributed by atoms with Gasteiger partial charge in [-0.15, -0.1) is 28.0 Å². The second kappa shape index (κ2) is 13.5. The van der Waals surface area contributed by atoms with Crippen LogP contribution in [0, 0.1) is 11.6 Å². The summed E-state index contributed by atoms with van der Waals surface area (Å²) in [6.45, 7) is 0. The molecule has 0 amide bonds. The molecule has 0 aliphatic heterocycles. The molecule has 0 saturated heterocycles. The smallest absolute Gasteiger partial charge is 0.286 e. The quantitative estimate of drug-likeness (QED) is 0.101. The summed E-state index contributed by atoms with van der Waals surface area (Å²) in [7, 11) is -7.77. The number of nitrogens with one attached hydrogen (secondary N) is 1. The summed E-state index contributed by atoms with van der Waals surface area (Å²) in [6, 6.07) is 19.1. The molecule has 230 valence electrons. The molecule has 5 aromatic rings. The molecule has 44 heavy (non-hydrogen) atoms. The minimum absolute atomic E-state index is 0.0582. The number of benzene rings is 3. The van der Waals surface area contributed by atoms with Gasteiger partial charge in [0.25, 0.3) is 20.0 Å². The maximum atomic E-state index is 14.9. The number of nitrogens with zero attached hydrogens (tertiary/aromatic N) is 1. The molecule has 0 spiro atoms. The van der Waals surface area contributed by atoms with Gasteiger partial charge in [-0.3, -0.25) is 9.56 Å². The van der Waals surface area contributed by atoms with Gasteiger partial charge in [0.2, 0.25) is 0 Å². The van der Waals surface area contributed by atoms with E-state index in [0.29, 0.717) is 27.5 Å². The zero-order chi connectivity index (χ0) is 31.3. The SMILES string of the molecule is CON(c1ccc(SCc2ccco2)c(F)c1)S(=O)(=O)c1cccc(S(=O)(=O)Nc2ccc(SCc3ccco3)c(F)c2)c1. The lowest BCUT2D eigenvalue weighted by Gasteiger charge is -2.22. The summed E-state index contributed by atoms with van der Waals surface area (Å²) in [5, 5.41) is 0. The fourth-order valence-corrected chi connectivity index (χ4v) is 8.06. The third-order valence-corrected chi connectivity index (χ3v) is 11.2. The van der Waals surface area contributed by atoms with Gasteiger partial charge in [0.1, 0.15) is 23.2 Å². The minimum atomic E-state index is -4.51. The lowest BCUT2D eigenvalue weighted by molar-refractivity contribution is 0.216. The van der Waals surface area contributed by atoms with Crippen LogP contribution in [0.25, 0.3) is 0 Å². The van der Waals surface area contributed by atoms with Crippen molar-refractivity contribution in [1.82, 2.24) is 0 Å². The highest BCUT2D eigenvalue weighted by Gasteiger charge is 2.28. The average molecular weight is 679 g/mol. The molecule has 0 aliphatic carbocycles. The first-order valence-electron chi connectivity index (χ1n) is 12.7. The van der Waals surface area contributed by atoms with Gasteiger partial charge in [-0.05, 0) is 72.8 Å². The first-order chi connectivity index (χ1) is 21.1. The standard InChI is InChI=1S/C29H24F2N2O7S4/c1-38-33(21-10-12-29(27(31)16-21)42-19-23-6-4-14-40-23)44(36,37)25-8-2-7-24(17-25)43(34,35)32-20-9-11-28(26(30)15-20)41-18-22-5-3-13-39-22/h2-17,32H,18-19H2,1H3. The molecule has 3 aromatic carbocycles. The Morgan fingerprint density at radius 3 is 1.89 bits per heavy atom. The number of anilines is 2. The molecule has 9 nitrogen and oxygen atoms in total. The summed E-state index contributed by atoms with van der Waals surface area (Å²) in [5.41, 5.74) is -0.198. The molecule has 2 heterocycles. The molecule has 0 unspecified atom stereocenters. The summed E-state index contributed by atoms with van der Waals surface area (Å²) >= 11 is 2.35. The topological polar surface area (TPSA) is 119 Å². The van der Waals surface area contributed by atoms with Crippen molar-refractivity contribution in [2.75, 3.05) is 16.3 Å². The van der Waals surface area contributed by atoms with Crippen molar-refractivity contribution in [2.45, 2.75) is 31.1 Å². The molecule has 0 radical (unpaired) electrons. The monoisotopic (exact) mass is 678 g/mol. The van der Waals surface area contributed by atoms with Crippen LogP contribution in [-0.2, 0) is 36.4 Å². The second-order valence-electron chi connectivity index (χ2n) is 8.99. The third-order valence-electron chi connectivity index (χ3n) is 6.01. The molecule has 0 bridgehead atoms. The average Bonchev–Trinajstić information content (AvgIpc) is 3.71. The minimum Gasteiger partial charge on any atom is -0.468 e. The fraction of sp³-hybridized carbons (Fsp3) is 0.103. The second-order valence-corrected chi connectivity index (χ2v) is 14.5. The normalized spacial score (nSPS) is 11.9. The van der Waals surface area contributed by atoms with Crippen LogP contribution in [0.5, 0.6) is 0 Å². The van der Waals surface area contributed by atoms with Gasteiger partial charge >= 0.3 is 0 Å². The van der Waals surface area contributed by atoms with Crippen molar-refractivity contribution in [1.29, 1.82) is 0 Å². The predicted molar refractivity (Wildman–Crippen MR) is 163 cm³/mol.